The molecule has 3 aromatic rings. The van der Waals surface area contributed by atoms with Crippen molar-refractivity contribution in [3.63, 3.8) is 0 Å². The van der Waals surface area contributed by atoms with Crippen LogP contribution in [0.4, 0.5) is 5.13 Å². The summed E-state index contributed by atoms with van der Waals surface area (Å²) in [4.78, 5) is 23.6. The number of pyridine rings is 1. The van der Waals surface area contributed by atoms with Crippen LogP contribution in [-0.2, 0) is 4.74 Å². The third kappa shape index (κ3) is 3.51. The predicted octanol–water partition coefficient (Wildman–Crippen LogP) is 4.17. The molecule has 1 amide bonds. The summed E-state index contributed by atoms with van der Waals surface area (Å²) in [5.74, 6) is -0.211. The molecule has 0 N–H and O–H groups in total. The fourth-order valence-electron chi connectivity index (χ4n) is 2.88. The van der Waals surface area contributed by atoms with E-state index < -0.39 is 0 Å². The molecule has 0 spiro atoms. The lowest BCUT2D eigenvalue weighted by Crippen LogP contribution is -2.37. The fraction of sp³-hybridized carbons (Fsp3) is 0.278. The maximum absolute atomic E-state index is 13.1. The molecule has 2 aromatic heterocycles. The van der Waals surface area contributed by atoms with E-state index in [0.29, 0.717) is 22.4 Å². The number of halogens is 1. The van der Waals surface area contributed by atoms with Gasteiger partial charge in [0.05, 0.1) is 22.9 Å². The Kier molecular flexibility index (Phi) is 4.65. The van der Waals surface area contributed by atoms with Crippen molar-refractivity contribution in [1.29, 1.82) is 0 Å². The summed E-state index contributed by atoms with van der Waals surface area (Å²) >= 11 is 7.52. The highest BCUT2D eigenvalue weighted by Gasteiger charge is 2.27. The van der Waals surface area contributed by atoms with E-state index >= 15 is 0 Å². The lowest BCUT2D eigenvalue weighted by atomic mass is 10.2. The SMILES string of the molecule is O=C(c1cc(Cl)ccn1)N(C[C@H]1CCCO1)c1nc2ccccc2s1. The maximum Gasteiger partial charge on any atom is 0.278 e. The van der Waals surface area contributed by atoms with Gasteiger partial charge >= 0.3 is 0 Å². The number of benzene rings is 1. The molecule has 1 fully saturated rings. The first kappa shape index (κ1) is 16.4. The number of nitrogens with zero attached hydrogens (tertiary/aromatic N) is 3. The van der Waals surface area contributed by atoms with Crippen LogP contribution in [0.1, 0.15) is 23.3 Å². The van der Waals surface area contributed by atoms with Crippen molar-refractivity contribution in [2.45, 2.75) is 18.9 Å². The molecule has 0 saturated carbocycles. The van der Waals surface area contributed by atoms with Gasteiger partial charge in [-0.2, -0.15) is 0 Å². The third-order valence-electron chi connectivity index (χ3n) is 4.11. The Morgan fingerprint density at radius 1 is 1.36 bits per heavy atom. The number of thiazole rings is 1. The minimum absolute atomic E-state index is 0.0233. The Hall–Kier alpha value is -2.02. The summed E-state index contributed by atoms with van der Waals surface area (Å²) in [6, 6.07) is 11.1. The summed E-state index contributed by atoms with van der Waals surface area (Å²) < 4.78 is 6.77. The van der Waals surface area contributed by atoms with Crippen LogP contribution in [0.25, 0.3) is 10.2 Å². The second-order valence-electron chi connectivity index (χ2n) is 5.87. The Morgan fingerprint density at radius 3 is 3.00 bits per heavy atom. The van der Waals surface area contributed by atoms with E-state index in [2.05, 4.69) is 9.97 Å². The van der Waals surface area contributed by atoms with E-state index in [1.807, 2.05) is 24.3 Å². The van der Waals surface area contributed by atoms with Crippen LogP contribution >= 0.6 is 22.9 Å². The molecular formula is C18H16ClN3O2S. The molecule has 0 bridgehead atoms. The van der Waals surface area contributed by atoms with Crippen molar-refractivity contribution >= 4 is 44.2 Å². The highest BCUT2D eigenvalue weighted by molar-refractivity contribution is 7.22. The van der Waals surface area contributed by atoms with Crippen molar-refractivity contribution in [3.8, 4) is 0 Å². The number of amides is 1. The van der Waals surface area contributed by atoms with Gasteiger partial charge in [-0.05, 0) is 37.1 Å². The van der Waals surface area contributed by atoms with E-state index in [-0.39, 0.29) is 12.0 Å². The zero-order valence-corrected chi connectivity index (χ0v) is 15.0. The number of ether oxygens (including phenoxy) is 1. The largest absolute Gasteiger partial charge is 0.376 e. The van der Waals surface area contributed by atoms with Crippen LogP contribution in [0.5, 0.6) is 0 Å². The molecule has 1 aliphatic rings. The Bertz CT molecular complexity index is 875. The van der Waals surface area contributed by atoms with Gasteiger partial charge in [-0.1, -0.05) is 35.1 Å². The molecule has 7 heteroatoms. The van der Waals surface area contributed by atoms with Crippen LogP contribution in [0.3, 0.4) is 0 Å². The number of hydrogen-bond acceptors (Lipinski definition) is 5. The summed E-state index contributed by atoms with van der Waals surface area (Å²) in [6.45, 7) is 1.20. The van der Waals surface area contributed by atoms with Crippen LogP contribution in [0, 0.1) is 0 Å². The number of carbonyl (C=O) groups is 1. The van der Waals surface area contributed by atoms with Crippen molar-refractivity contribution in [2.24, 2.45) is 0 Å². The van der Waals surface area contributed by atoms with Crippen molar-refractivity contribution in [2.75, 3.05) is 18.1 Å². The monoisotopic (exact) mass is 373 g/mol. The minimum Gasteiger partial charge on any atom is -0.376 e. The van der Waals surface area contributed by atoms with Crippen LogP contribution < -0.4 is 4.90 Å². The summed E-state index contributed by atoms with van der Waals surface area (Å²) in [6.07, 6.45) is 3.52. The smallest absolute Gasteiger partial charge is 0.278 e. The Morgan fingerprint density at radius 2 is 2.24 bits per heavy atom. The Labute approximate surface area is 154 Å². The van der Waals surface area contributed by atoms with Gasteiger partial charge in [0.25, 0.3) is 5.91 Å². The number of para-hydroxylation sites is 1. The standard InChI is InChI=1S/C18H16ClN3O2S/c19-12-7-8-20-15(10-12)17(23)22(11-13-4-3-9-24-13)18-21-14-5-1-2-6-16(14)25-18/h1-2,5-8,10,13H,3-4,9,11H2/t13-/m1/s1. The highest BCUT2D eigenvalue weighted by Crippen LogP contribution is 2.30. The summed E-state index contributed by atoms with van der Waals surface area (Å²) in [7, 11) is 0. The van der Waals surface area contributed by atoms with Gasteiger partial charge in [0.1, 0.15) is 5.69 Å². The van der Waals surface area contributed by atoms with E-state index in [4.69, 9.17) is 16.3 Å². The van der Waals surface area contributed by atoms with Crippen molar-refractivity contribution < 1.29 is 9.53 Å². The predicted molar refractivity (Wildman–Crippen MR) is 99.5 cm³/mol. The topological polar surface area (TPSA) is 55.3 Å². The molecule has 5 nitrogen and oxygen atoms in total. The summed E-state index contributed by atoms with van der Waals surface area (Å²) in [5, 5.41) is 1.14. The van der Waals surface area contributed by atoms with E-state index in [1.165, 1.54) is 17.5 Å². The highest BCUT2D eigenvalue weighted by atomic mass is 35.5. The van der Waals surface area contributed by atoms with Gasteiger partial charge in [-0.3, -0.25) is 14.7 Å². The third-order valence-corrected chi connectivity index (χ3v) is 5.40. The van der Waals surface area contributed by atoms with Gasteiger partial charge in [-0.25, -0.2) is 4.98 Å². The minimum atomic E-state index is -0.211. The maximum atomic E-state index is 13.1. The molecule has 128 valence electrons. The van der Waals surface area contributed by atoms with E-state index in [1.54, 1.807) is 17.0 Å². The van der Waals surface area contributed by atoms with Crippen LogP contribution in [-0.4, -0.2) is 35.1 Å². The number of carbonyl (C=O) groups excluding carboxylic acids is 1. The summed E-state index contributed by atoms with van der Waals surface area (Å²) in [5.41, 5.74) is 1.19. The molecule has 0 aliphatic carbocycles. The van der Waals surface area contributed by atoms with Crippen LogP contribution in [0.15, 0.2) is 42.6 Å². The molecule has 0 radical (unpaired) electrons. The molecule has 0 unspecified atom stereocenters. The van der Waals surface area contributed by atoms with Gasteiger partial charge < -0.3 is 4.74 Å². The zero-order chi connectivity index (χ0) is 17.2. The van der Waals surface area contributed by atoms with Crippen LogP contribution in [0.2, 0.25) is 5.02 Å². The quantitative estimate of drug-likeness (QED) is 0.688. The molecule has 1 aromatic carbocycles. The normalized spacial score (nSPS) is 17.1. The second kappa shape index (κ2) is 7.07. The number of anilines is 1. The zero-order valence-electron chi connectivity index (χ0n) is 13.4. The van der Waals surface area contributed by atoms with Gasteiger partial charge in [0, 0.05) is 17.8 Å². The van der Waals surface area contributed by atoms with Gasteiger partial charge in [0.2, 0.25) is 0 Å². The van der Waals surface area contributed by atoms with Gasteiger partial charge in [0.15, 0.2) is 5.13 Å². The number of rotatable bonds is 4. The molecule has 3 heterocycles. The first-order valence-corrected chi connectivity index (χ1v) is 9.31. The average Bonchev–Trinajstić information content (AvgIpc) is 3.28. The molecule has 1 atom stereocenters. The Balaban J connectivity index is 1.71. The van der Waals surface area contributed by atoms with E-state index in [9.17, 15) is 4.79 Å². The van der Waals surface area contributed by atoms with Crippen molar-refractivity contribution in [3.05, 3.63) is 53.3 Å². The van der Waals surface area contributed by atoms with Crippen molar-refractivity contribution in [1.82, 2.24) is 9.97 Å². The lowest BCUT2D eigenvalue weighted by Gasteiger charge is -2.22. The fourth-order valence-corrected chi connectivity index (χ4v) is 4.01. The number of hydrogen-bond donors (Lipinski definition) is 0. The molecule has 1 saturated heterocycles. The van der Waals surface area contributed by atoms with E-state index in [0.717, 1.165) is 29.7 Å². The number of aromatic nitrogens is 2. The molecule has 25 heavy (non-hydrogen) atoms. The first-order valence-electron chi connectivity index (χ1n) is 8.11. The second-order valence-corrected chi connectivity index (χ2v) is 7.32. The first-order chi connectivity index (χ1) is 12.2. The molecule has 4 rings (SSSR count). The van der Waals surface area contributed by atoms with Gasteiger partial charge in [-0.15, -0.1) is 0 Å². The lowest BCUT2D eigenvalue weighted by molar-refractivity contribution is 0.0913. The number of fused-ring (bicyclic) bond motifs is 1. The average molecular weight is 374 g/mol. The molecular weight excluding hydrogens is 358 g/mol. The molecule has 1 aliphatic heterocycles.